The van der Waals surface area contributed by atoms with Crippen molar-refractivity contribution in [1.29, 1.82) is 0 Å². The molecular formula is C7H14OS. The summed E-state index contributed by atoms with van der Waals surface area (Å²) in [4.78, 5) is 0. The van der Waals surface area contributed by atoms with Crippen LogP contribution in [0, 0.1) is 0 Å². The maximum absolute atomic E-state index is 10.9. The van der Waals surface area contributed by atoms with E-state index in [1.54, 1.807) is 0 Å². The van der Waals surface area contributed by atoms with E-state index in [9.17, 15) is 4.55 Å². The monoisotopic (exact) mass is 146 g/mol. The van der Waals surface area contributed by atoms with Crippen molar-refractivity contribution < 1.29 is 4.55 Å². The molecule has 0 saturated heterocycles. The van der Waals surface area contributed by atoms with Crippen LogP contribution in [0.2, 0.25) is 0 Å². The second-order valence-corrected chi connectivity index (χ2v) is 4.42. The van der Waals surface area contributed by atoms with Gasteiger partial charge in [0.15, 0.2) is 0 Å². The first-order valence-electron chi connectivity index (χ1n) is 3.63. The standard InChI is InChI=1S/C7H14OS/c1-9(8)7-5-3-2-4-6-7/h7H,2-6H2,1H3/t9-/m1/s1. The molecule has 0 aliphatic heterocycles. The van der Waals surface area contributed by atoms with E-state index >= 15 is 0 Å². The predicted octanol–water partition coefficient (Wildman–Crippen LogP) is 1.70. The lowest BCUT2D eigenvalue weighted by Crippen LogP contribution is -2.22. The second-order valence-electron chi connectivity index (χ2n) is 2.76. The Hall–Kier alpha value is 0.310. The van der Waals surface area contributed by atoms with Gasteiger partial charge >= 0.3 is 0 Å². The number of rotatable bonds is 1. The summed E-state index contributed by atoms with van der Waals surface area (Å²) in [6.45, 7) is 0. The van der Waals surface area contributed by atoms with Gasteiger partial charge < -0.3 is 4.55 Å². The molecule has 0 heterocycles. The molecule has 0 bridgehead atoms. The van der Waals surface area contributed by atoms with Gasteiger partial charge in [0.25, 0.3) is 0 Å². The Morgan fingerprint density at radius 3 is 2.11 bits per heavy atom. The fourth-order valence-corrected chi connectivity index (χ4v) is 2.39. The summed E-state index contributed by atoms with van der Waals surface area (Å²) in [7, 11) is 0. The van der Waals surface area contributed by atoms with E-state index in [4.69, 9.17) is 0 Å². The molecule has 1 aliphatic carbocycles. The van der Waals surface area contributed by atoms with E-state index in [0.717, 1.165) is 0 Å². The molecule has 1 rings (SSSR count). The van der Waals surface area contributed by atoms with E-state index in [1.165, 1.54) is 32.1 Å². The van der Waals surface area contributed by atoms with Gasteiger partial charge in [0.2, 0.25) is 0 Å². The van der Waals surface area contributed by atoms with Crippen molar-refractivity contribution in [2.45, 2.75) is 37.4 Å². The topological polar surface area (TPSA) is 23.1 Å². The fraction of sp³-hybridized carbons (Fsp3) is 1.00. The summed E-state index contributed by atoms with van der Waals surface area (Å²) >= 11 is -0.552. The lowest BCUT2D eigenvalue weighted by atomic mass is 10.0. The highest BCUT2D eigenvalue weighted by Crippen LogP contribution is 2.22. The Morgan fingerprint density at radius 2 is 1.78 bits per heavy atom. The summed E-state index contributed by atoms with van der Waals surface area (Å²) < 4.78 is 10.9. The van der Waals surface area contributed by atoms with E-state index in [-0.39, 0.29) is 0 Å². The zero-order chi connectivity index (χ0) is 6.69. The molecule has 0 aromatic heterocycles. The van der Waals surface area contributed by atoms with Crippen LogP contribution >= 0.6 is 0 Å². The third-order valence-electron chi connectivity index (χ3n) is 2.02. The van der Waals surface area contributed by atoms with Gasteiger partial charge in [-0.2, -0.15) is 0 Å². The summed E-state index contributed by atoms with van der Waals surface area (Å²) in [6, 6.07) is 0. The van der Waals surface area contributed by atoms with Gasteiger partial charge in [-0.15, -0.1) is 0 Å². The molecule has 0 radical (unpaired) electrons. The SMILES string of the molecule is C[S@@+]([O-])C1CCCCC1. The minimum Gasteiger partial charge on any atom is -0.616 e. The van der Waals surface area contributed by atoms with Gasteiger partial charge in [0.1, 0.15) is 5.25 Å². The normalized spacial score (nSPS) is 26.0. The van der Waals surface area contributed by atoms with E-state index < -0.39 is 11.2 Å². The lowest BCUT2D eigenvalue weighted by molar-refractivity contribution is 0.486. The maximum atomic E-state index is 10.9. The summed E-state index contributed by atoms with van der Waals surface area (Å²) in [5.41, 5.74) is 0. The minimum absolute atomic E-state index is 0.527. The van der Waals surface area contributed by atoms with Crippen LogP contribution in [0.1, 0.15) is 32.1 Å². The zero-order valence-electron chi connectivity index (χ0n) is 5.93. The molecule has 0 aromatic carbocycles. The van der Waals surface area contributed by atoms with Crippen molar-refractivity contribution in [3.05, 3.63) is 0 Å². The van der Waals surface area contributed by atoms with Crippen LogP contribution in [0.5, 0.6) is 0 Å². The molecule has 1 saturated carbocycles. The van der Waals surface area contributed by atoms with Crippen LogP contribution in [-0.2, 0) is 11.2 Å². The van der Waals surface area contributed by atoms with Crippen LogP contribution in [0.15, 0.2) is 0 Å². The number of hydrogen-bond acceptors (Lipinski definition) is 1. The van der Waals surface area contributed by atoms with Crippen LogP contribution in [0.3, 0.4) is 0 Å². The van der Waals surface area contributed by atoms with Crippen molar-refractivity contribution in [2.75, 3.05) is 6.26 Å². The Labute approximate surface area is 60.0 Å². The third-order valence-corrected chi connectivity index (χ3v) is 3.43. The fourth-order valence-electron chi connectivity index (χ4n) is 1.40. The van der Waals surface area contributed by atoms with E-state index in [2.05, 4.69) is 0 Å². The van der Waals surface area contributed by atoms with Gasteiger partial charge in [-0.05, 0) is 25.7 Å². The predicted molar refractivity (Wildman–Crippen MR) is 40.9 cm³/mol. The molecule has 0 amide bonds. The molecule has 0 unspecified atom stereocenters. The summed E-state index contributed by atoms with van der Waals surface area (Å²) in [5, 5.41) is 0.527. The van der Waals surface area contributed by atoms with Crippen molar-refractivity contribution in [1.82, 2.24) is 0 Å². The minimum atomic E-state index is -0.552. The number of hydrogen-bond donors (Lipinski definition) is 0. The maximum Gasteiger partial charge on any atom is 0.115 e. The van der Waals surface area contributed by atoms with Crippen molar-refractivity contribution in [3.8, 4) is 0 Å². The Kier molecular flexibility index (Phi) is 2.86. The largest absolute Gasteiger partial charge is 0.616 e. The Morgan fingerprint density at radius 1 is 1.22 bits per heavy atom. The molecule has 0 aromatic rings. The van der Waals surface area contributed by atoms with Gasteiger partial charge in [-0.3, -0.25) is 0 Å². The smallest absolute Gasteiger partial charge is 0.115 e. The molecule has 1 aliphatic rings. The highest BCUT2D eigenvalue weighted by atomic mass is 32.2. The van der Waals surface area contributed by atoms with Crippen LogP contribution < -0.4 is 0 Å². The van der Waals surface area contributed by atoms with Gasteiger partial charge in [0, 0.05) is 0 Å². The Bertz CT molecular complexity index is 77.0. The van der Waals surface area contributed by atoms with E-state index in [0.29, 0.717) is 5.25 Å². The molecule has 1 nitrogen and oxygen atoms in total. The highest BCUT2D eigenvalue weighted by molar-refractivity contribution is 7.91. The van der Waals surface area contributed by atoms with Crippen LogP contribution in [0.4, 0.5) is 0 Å². The molecule has 0 N–H and O–H groups in total. The molecule has 1 atom stereocenters. The molecule has 0 spiro atoms. The van der Waals surface area contributed by atoms with Crippen molar-refractivity contribution in [2.24, 2.45) is 0 Å². The molecule has 2 heteroatoms. The van der Waals surface area contributed by atoms with Gasteiger partial charge in [-0.1, -0.05) is 17.6 Å². The average Bonchev–Trinajstić information content (AvgIpc) is 1.90. The second kappa shape index (κ2) is 3.47. The van der Waals surface area contributed by atoms with Gasteiger partial charge in [-0.25, -0.2) is 0 Å². The average molecular weight is 146 g/mol. The first kappa shape index (κ1) is 7.42. The zero-order valence-corrected chi connectivity index (χ0v) is 6.75. The first-order chi connectivity index (χ1) is 4.30. The third kappa shape index (κ3) is 2.18. The lowest BCUT2D eigenvalue weighted by Gasteiger charge is -2.21. The van der Waals surface area contributed by atoms with Crippen molar-refractivity contribution >= 4 is 11.2 Å². The first-order valence-corrected chi connectivity index (χ1v) is 5.25. The summed E-state index contributed by atoms with van der Waals surface area (Å²) in [6.07, 6.45) is 8.17. The Balaban J connectivity index is 2.23. The van der Waals surface area contributed by atoms with E-state index in [1.807, 2.05) is 6.26 Å². The summed E-state index contributed by atoms with van der Waals surface area (Å²) in [5.74, 6) is 0. The van der Waals surface area contributed by atoms with Gasteiger partial charge in [0.05, 0.1) is 6.26 Å². The highest BCUT2D eigenvalue weighted by Gasteiger charge is 2.20. The van der Waals surface area contributed by atoms with Crippen LogP contribution in [0.25, 0.3) is 0 Å². The quantitative estimate of drug-likeness (QED) is 0.516. The molecule has 1 fully saturated rings. The molecular weight excluding hydrogens is 132 g/mol. The molecule has 54 valence electrons. The van der Waals surface area contributed by atoms with Crippen molar-refractivity contribution in [3.63, 3.8) is 0 Å². The van der Waals surface area contributed by atoms with Crippen LogP contribution in [-0.4, -0.2) is 16.1 Å². The molecule has 9 heavy (non-hydrogen) atoms.